The van der Waals surface area contributed by atoms with Crippen molar-refractivity contribution in [3.05, 3.63) is 0 Å². The average Bonchev–Trinajstić information content (AvgIpc) is 2.27. The van der Waals surface area contributed by atoms with E-state index in [-0.39, 0.29) is 13.0 Å². The number of halogens is 3. The molecule has 0 saturated carbocycles. The third-order valence-electron chi connectivity index (χ3n) is 2.93. The summed E-state index contributed by atoms with van der Waals surface area (Å²) >= 11 is 0. The second-order valence-corrected chi connectivity index (χ2v) is 4.31. The minimum atomic E-state index is -4.51. The van der Waals surface area contributed by atoms with Gasteiger partial charge in [0.2, 0.25) is 5.91 Å². The molecule has 18 heavy (non-hydrogen) atoms. The molecule has 0 spiro atoms. The highest BCUT2D eigenvalue weighted by Gasteiger charge is 2.37. The number of likely N-dealkylation sites (tertiary alicyclic amines) is 1. The molecule has 0 aromatic rings. The zero-order chi connectivity index (χ0) is 13.8. The van der Waals surface area contributed by atoms with Gasteiger partial charge in [-0.25, -0.2) is 0 Å². The van der Waals surface area contributed by atoms with Crippen LogP contribution in [0.5, 0.6) is 0 Å². The van der Waals surface area contributed by atoms with Crippen molar-refractivity contribution in [2.75, 3.05) is 13.7 Å². The molecule has 1 aliphatic rings. The first-order valence-corrected chi connectivity index (χ1v) is 5.76. The third kappa shape index (κ3) is 4.54. The highest BCUT2D eigenvalue weighted by atomic mass is 19.4. The molecule has 1 fully saturated rings. The first-order chi connectivity index (χ1) is 8.33. The van der Waals surface area contributed by atoms with Crippen LogP contribution in [0.4, 0.5) is 13.2 Å². The quantitative estimate of drug-likeness (QED) is 0.733. The second-order valence-electron chi connectivity index (χ2n) is 4.31. The Balaban J connectivity index is 2.64. The number of esters is 1. The van der Waals surface area contributed by atoms with E-state index in [4.69, 9.17) is 0 Å². The zero-order valence-electron chi connectivity index (χ0n) is 10.1. The Kier molecular flexibility index (Phi) is 4.98. The van der Waals surface area contributed by atoms with Crippen molar-refractivity contribution in [1.82, 2.24) is 4.90 Å². The molecule has 1 amide bonds. The van der Waals surface area contributed by atoms with Crippen molar-refractivity contribution in [1.29, 1.82) is 0 Å². The number of hydrogen-bond donors (Lipinski definition) is 0. The van der Waals surface area contributed by atoms with Crippen LogP contribution in [-0.2, 0) is 14.3 Å². The smallest absolute Gasteiger partial charge is 0.397 e. The molecule has 1 rings (SSSR count). The fourth-order valence-electron chi connectivity index (χ4n) is 2.09. The maximum absolute atomic E-state index is 12.2. The Labute approximate surface area is 103 Å². The number of alkyl halides is 3. The Morgan fingerprint density at radius 3 is 2.56 bits per heavy atom. The molecule has 0 radical (unpaired) electrons. The van der Waals surface area contributed by atoms with Gasteiger partial charge in [-0.3, -0.25) is 9.59 Å². The van der Waals surface area contributed by atoms with Crippen molar-refractivity contribution >= 4 is 11.9 Å². The molecule has 7 heteroatoms. The highest BCUT2D eigenvalue weighted by molar-refractivity contribution is 5.78. The summed E-state index contributed by atoms with van der Waals surface area (Å²) in [5.74, 6) is -1.47. The lowest BCUT2D eigenvalue weighted by Gasteiger charge is -2.35. The van der Waals surface area contributed by atoms with E-state index in [1.54, 1.807) is 0 Å². The molecule has 0 bridgehead atoms. The number of hydrogen-bond acceptors (Lipinski definition) is 3. The number of carbonyl (C=O) groups excluding carboxylic acids is 2. The van der Waals surface area contributed by atoms with Gasteiger partial charge in [0.1, 0.15) is 6.42 Å². The standard InChI is InChI=1S/C11H16F3NO3/c1-18-10(17)6-8-4-2-3-5-15(8)9(16)7-11(12,13)14/h8H,2-7H2,1H3. The van der Waals surface area contributed by atoms with E-state index in [1.165, 1.54) is 7.11 Å². The van der Waals surface area contributed by atoms with Crippen LogP contribution in [0.3, 0.4) is 0 Å². The summed E-state index contributed by atoms with van der Waals surface area (Å²) in [5, 5.41) is 0. The molecule has 0 aromatic carbocycles. The molecule has 1 heterocycles. The van der Waals surface area contributed by atoms with Gasteiger partial charge in [0.15, 0.2) is 0 Å². The van der Waals surface area contributed by atoms with E-state index in [2.05, 4.69) is 4.74 Å². The van der Waals surface area contributed by atoms with Crippen molar-refractivity contribution < 1.29 is 27.5 Å². The molecule has 0 aliphatic carbocycles. The SMILES string of the molecule is COC(=O)CC1CCCCN1C(=O)CC(F)(F)F. The lowest BCUT2D eigenvalue weighted by Crippen LogP contribution is -2.46. The number of ether oxygens (including phenoxy) is 1. The fraction of sp³-hybridized carbons (Fsp3) is 0.818. The van der Waals surface area contributed by atoms with Gasteiger partial charge in [0.25, 0.3) is 0 Å². The van der Waals surface area contributed by atoms with Gasteiger partial charge in [0.05, 0.1) is 13.5 Å². The molecule has 4 nitrogen and oxygen atoms in total. The predicted octanol–water partition coefficient (Wildman–Crippen LogP) is 1.88. The Hall–Kier alpha value is -1.27. The van der Waals surface area contributed by atoms with Crippen LogP contribution in [0.25, 0.3) is 0 Å². The average molecular weight is 267 g/mol. The maximum atomic E-state index is 12.2. The Bertz CT molecular complexity index is 317. The second kappa shape index (κ2) is 6.06. The Morgan fingerprint density at radius 2 is 2.00 bits per heavy atom. The fourth-order valence-corrected chi connectivity index (χ4v) is 2.09. The van der Waals surface area contributed by atoms with E-state index < -0.39 is 30.5 Å². The molecular weight excluding hydrogens is 251 g/mol. The summed E-state index contributed by atoms with van der Waals surface area (Å²) < 4.78 is 41.0. The van der Waals surface area contributed by atoms with Crippen molar-refractivity contribution in [2.45, 2.75) is 44.3 Å². The van der Waals surface area contributed by atoms with E-state index >= 15 is 0 Å². The maximum Gasteiger partial charge on any atom is 0.397 e. The van der Waals surface area contributed by atoms with Gasteiger partial charge >= 0.3 is 12.1 Å². The van der Waals surface area contributed by atoms with Crippen molar-refractivity contribution in [3.8, 4) is 0 Å². The van der Waals surface area contributed by atoms with E-state index in [0.717, 1.165) is 11.3 Å². The van der Waals surface area contributed by atoms with Gasteiger partial charge in [-0.1, -0.05) is 0 Å². The van der Waals surface area contributed by atoms with Crippen LogP contribution in [0.2, 0.25) is 0 Å². The number of rotatable bonds is 3. The number of piperidine rings is 1. The van der Waals surface area contributed by atoms with Crippen molar-refractivity contribution in [2.24, 2.45) is 0 Å². The molecule has 0 aromatic heterocycles. The summed E-state index contributed by atoms with van der Waals surface area (Å²) in [6.45, 7) is 0.274. The largest absolute Gasteiger partial charge is 0.469 e. The van der Waals surface area contributed by atoms with Crippen LogP contribution in [-0.4, -0.2) is 42.6 Å². The normalized spacial score (nSPS) is 20.7. The van der Waals surface area contributed by atoms with Crippen LogP contribution >= 0.6 is 0 Å². The monoisotopic (exact) mass is 267 g/mol. The van der Waals surface area contributed by atoms with Crippen LogP contribution in [0.1, 0.15) is 32.1 Å². The lowest BCUT2D eigenvalue weighted by molar-refractivity contribution is -0.164. The summed E-state index contributed by atoms with van der Waals surface area (Å²) in [6, 6.07) is -0.471. The van der Waals surface area contributed by atoms with E-state index in [1.807, 2.05) is 0 Å². The molecule has 0 N–H and O–H groups in total. The lowest BCUT2D eigenvalue weighted by atomic mass is 9.99. The van der Waals surface area contributed by atoms with E-state index in [9.17, 15) is 22.8 Å². The number of carbonyl (C=O) groups is 2. The number of methoxy groups -OCH3 is 1. The molecule has 104 valence electrons. The minimum Gasteiger partial charge on any atom is -0.469 e. The zero-order valence-corrected chi connectivity index (χ0v) is 10.1. The van der Waals surface area contributed by atoms with E-state index in [0.29, 0.717) is 12.8 Å². The van der Waals surface area contributed by atoms with Crippen LogP contribution in [0.15, 0.2) is 0 Å². The Morgan fingerprint density at radius 1 is 1.33 bits per heavy atom. The first kappa shape index (κ1) is 14.8. The summed E-state index contributed by atoms with van der Waals surface area (Å²) in [6.07, 6.45) is -4.01. The summed E-state index contributed by atoms with van der Waals surface area (Å²) in [7, 11) is 1.22. The first-order valence-electron chi connectivity index (χ1n) is 5.76. The molecule has 1 atom stereocenters. The summed E-state index contributed by atoms with van der Waals surface area (Å²) in [4.78, 5) is 23.9. The summed E-state index contributed by atoms with van der Waals surface area (Å²) in [5.41, 5.74) is 0. The van der Waals surface area contributed by atoms with Gasteiger partial charge in [-0.2, -0.15) is 13.2 Å². The van der Waals surface area contributed by atoms with Crippen LogP contribution < -0.4 is 0 Å². The van der Waals surface area contributed by atoms with Gasteiger partial charge in [0, 0.05) is 12.6 Å². The minimum absolute atomic E-state index is 0.0416. The van der Waals surface area contributed by atoms with Crippen LogP contribution in [0, 0.1) is 0 Å². The molecule has 1 aliphatic heterocycles. The molecule has 1 saturated heterocycles. The highest BCUT2D eigenvalue weighted by Crippen LogP contribution is 2.25. The predicted molar refractivity (Wildman–Crippen MR) is 56.7 cm³/mol. The van der Waals surface area contributed by atoms with Gasteiger partial charge in [-0.15, -0.1) is 0 Å². The van der Waals surface area contributed by atoms with Gasteiger partial charge < -0.3 is 9.64 Å². The van der Waals surface area contributed by atoms with Crippen molar-refractivity contribution in [3.63, 3.8) is 0 Å². The molecule has 1 unspecified atom stereocenters. The topological polar surface area (TPSA) is 46.6 Å². The number of amides is 1. The van der Waals surface area contributed by atoms with Gasteiger partial charge in [-0.05, 0) is 19.3 Å². The molecular formula is C11H16F3NO3. The third-order valence-corrected chi connectivity index (χ3v) is 2.93. The number of nitrogens with zero attached hydrogens (tertiary/aromatic N) is 1.